The van der Waals surface area contributed by atoms with E-state index in [0.717, 1.165) is 68.8 Å². The first-order chi connectivity index (χ1) is 14.1. The quantitative estimate of drug-likeness (QED) is 0.320. The summed E-state index contributed by atoms with van der Waals surface area (Å²) in [5.74, 6) is 3.12. The molecule has 0 aromatic heterocycles. The zero-order chi connectivity index (χ0) is 20.5. The lowest BCUT2D eigenvalue weighted by molar-refractivity contribution is -0.0284. The van der Waals surface area contributed by atoms with Gasteiger partial charge in [0, 0.05) is 39.1 Å². The van der Waals surface area contributed by atoms with Crippen molar-refractivity contribution in [3.8, 4) is 11.5 Å². The molecule has 0 aliphatic carbocycles. The number of nitrogens with zero attached hydrogens (tertiary/aromatic N) is 2. The van der Waals surface area contributed by atoms with Crippen molar-refractivity contribution in [2.45, 2.75) is 39.8 Å². The van der Waals surface area contributed by atoms with Gasteiger partial charge in [-0.25, -0.2) is 4.99 Å². The number of hydrogen-bond acceptors (Lipinski definition) is 5. The van der Waals surface area contributed by atoms with E-state index in [1.54, 1.807) is 0 Å². The van der Waals surface area contributed by atoms with Gasteiger partial charge < -0.3 is 24.8 Å². The minimum Gasteiger partial charge on any atom is -0.490 e. The summed E-state index contributed by atoms with van der Waals surface area (Å²) in [5, 5.41) is 6.76. The third kappa shape index (κ3) is 8.11. The van der Waals surface area contributed by atoms with Gasteiger partial charge in [-0.05, 0) is 30.5 Å². The number of fused-ring (bicyclic) bond motifs is 1. The normalized spacial score (nSPS) is 19.7. The molecule has 1 aromatic rings. The molecule has 30 heavy (non-hydrogen) atoms. The fourth-order valence-corrected chi connectivity index (χ4v) is 3.61. The van der Waals surface area contributed by atoms with E-state index in [-0.39, 0.29) is 30.1 Å². The molecule has 7 nitrogen and oxygen atoms in total. The van der Waals surface area contributed by atoms with E-state index >= 15 is 0 Å². The Labute approximate surface area is 197 Å². The van der Waals surface area contributed by atoms with Crippen LogP contribution in [-0.2, 0) is 11.3 Å². The second-order valence-electron chi connectivity index (χ2n) is 8.05. The number of rotatable bonds is 7. The number of morpholine rings is 1. The Bertz CT molecular complexity index is 672. The van der Waals surface area contributed by atoms with Crippen LogP contribution < -0.4 is 20.1 Å². The summed E-state index contributed by atoms with van der Waals surface area (Å²) in [4.78, 5) is 7.23. The Morgan fingerprint density at radius 1 is 1.17 bits per heavy atom. The van der Waals surface area contributed by atoms with Crippen LogP contribution in [0.5, 0.6) is 11.5 Å². The molecule has 1 fully saturated rings. The summed E-state index contributed by atoms with van der Waals surface area (Å²) < 4.78 is 17.4. The predicted molar refractivity (Wildman–Crippen MR) is 131 cm³/mol. The maximum atomic E-state index is 5.94. The first-order valence-electron chi connectivity index (χ1n) is 10.9. The van der Waals surface area contributed by atoms with Crippen LogP contribution in [0.4, 0.5) is 0 Å². The van der Waals surface area contributed by atoms with Gasteiger partial charge in [0.25, 0.3) is 0 Å². The van der Waals surface area contributed by atoms with Crippen LogP contribution in [0.1, 0.15) is 32.8 Å². The fraction of sp³-hybridized carbons (Fsp3) is 0.682. The molecule has 2 aliphatic rings. The molecule has 3 rings (SSSR count). The van der Waals surface area contributed by atoms with Crippen molar-refractivity contribution in [2.75, 3.05) is 52.5 Å². The lowest BCUT2D eigenvalue weighted by Gasteiger charge is -2.34. The van der Waals surface area contributed by atoms with Crippen molar-refractivity contribution in [1.82, 2.24) is 15.5 Å². The van der Waals surface area contributed by atoms with Crippen molar-refractivity contribution in [2.24, 2.45) is 10.9 Å². The van der Waals surface area contributed by atoms with Crippen LogP contribution in [0.25, 0.3) is 0 Å². The van der Waals surface area contributed by atoms with Crippen LogP contribution in [0.3, 0.4) is 0 Å². The number of ether oxygens (including phenoxy) is 3. The molecule has 0 spiro atoms. The van der Waals surface area contributed by atoms with Gasteiger partial charge in [0.05, 0.1) is 32.5 Å². The second-order valence-corrected chi connectivity index (χ2v) is 8.05. The molecule has 0 saturated carbocycles. The Morgan fingerprint density at radius 2 is 1.97 bits per heavy atom. The molecule has 1 aromatic carbocycles. The van der Waals surface area contributed by atoms with Crippen LogP contribution in [0.2, 0.25) is 0 Å². The van der Waals surface area contributed by atoms with Gasteiger partial charge in [-0.3, -0.25) is 4.90 Å². The second kappa shape index (κ2) is 13.2. The first-order valence-corrected chi connectivity index (χ1v) is 10.9. The fourth-order valence-electron chi connectivity index (χ4n) is 3.61. The van der Waals surface area contributed by atoms with E-state index in [1.807, 2.05) is 12.1 Å². The van der Waals surface area contributed by atoms with Crippen LogP contribution in [-0.4, -0.2) is 69.5 Å². The number of benzene rings is 1. The molecule has 1 atom stereocenters. The third-order valence-electron chi connectivity index (χ3n) is 4.92. The summed E-state index contributed by atoms with van der Waals surface area (Å²) in [6, 6.07) is 6.06. The summed E-state index contributed by atoms with van der Waals surface area (Å²) in [5.41, 5.74) is 1.10. The lowest BCUT2D eigenvalue weighted by Crippen LogP contribution is -2.50. The molecule has 0 radical (unpaired) electrons. The average Bonchev–Trinajstić information content (AvgIpc) is 2.95. The number of nitrogens with one attached hydrogen (secondary N) is 2. The summed E-state index contributed by atoms with van der Waals surface area (Å²) in [6.07, 6.45) is 1.10. The van der Waals surface area contributed by atoms with E-state index < -0.39 is 0 Å². The van der Waals surface area contributed by atoms with E-state index in [2.05, 4.69) is 42.4 Å². The van der Waals surface area contributed by atoms with Gasteiger partial charge in [0.2, 0.25) is 0 Å². The van der Waals surface area contributed by atoms with Crippen LogP contribution >= 0.6 is 24.0 Å². The van der Waals surface area contributed by atoms with E-state index in [1.165, 1.54) is 0 Å². The smallest absolute Gasteiger partial charge is 0.191 e. The molecular weight excluding hydrogens is 495 g/mol. The molecule has 2 aliphatic heterocycles. The highest BCUT2D eigenvalue weighted by molar-refractivity contribution is 14.0. The molecule has 1 unspecified atom stereocenters. The molecular formula is C22H37IN4O3. The molecule has 0 amide bonds. The van der Waals surface area contributed by atoms with Crippen molar-refractivity contribution in [1.29, 1.82) is 0 Å². The van der Waals surface area contributed by atoms with Gasteiger partial charge in [0.15, 0.2) is 17.5 Å². The van der Waals surface area contributed by atoms with Gasteiger partial charge >= 0.3 is 0 Å². The van der Waals surface area contributed by atoms with Gasteiger partial charge in [-0.15, -0.1) is 24.0 Å². The standard InChI is InChI=1S/C22H36N4O3.HI/c1-4-23-22(25-14-19-16-26(8-11-27-19)15-17(2)3)24-13-18-6-7-20-21(12-18)29-10-5-9-28-20;/h6-7,12,17,19H,4-5,8-11,13-16H2,1-3H3,(H2,23,24,25);1H. The molecule has 8 heteroatoms. The summed E-state index contributed by atoms with van der Waals surface area (Å²) in [6.45, 7) is 14.1. The molecule has 0 bridgehead atoms. The van der Waals surface area contributed by atoms with Crippen molar-refractivity contribution in [3.05, 3.63) is 23.8 Å². The largest absolute Gasteiger partial charge is 0.490 e. The third-order valence-corrected chi connectivity index (χ3v) is 4.92. The minimum atomic E-state index is 0. The SMILES string of the molecule is CCNC(=NCc1ccc2c(c1)OCCCO2)NCC1CN(CC(C)C)CCO1.I. The monoisotopic (exact) mass is 532 g/mol. The van der Waals surface area contributed by atoms with Crippen molar-refractivity contribution >= 4 is 29.9 Å². The number of halogens is 1. The van der Waals surface area contributed by atoms with Gasteiger partial charge in [-0.1, -0.05) is 19.9 Å². The zero-order valence-electron chi connectivity index (χ0n) is 18.5. The van der Waals surface area contributed by atoms with Gasteiger partial charge in [-0.2, -0.15) is 0 Å². The Morgan fingerprint density at radius 3 is 2.73 bits per heavy atom. The predicted octanol–water partition coefficient (Wildman–Crippen LogP) is 2.88. The molecule has 2 heterocycles. The maximum Gasteiger partial charge on any atom is 0.191 e. The zero-order valence-corrected chi connectivity index (χ0v) is 20.8. The highest BCUT2D eigenvalue weighted by Gasteiger charge is 2.21. The number of aliphatic imine (C=N–C) groups is 1. The number of hydrogen-bond donors (Lipinski definition) is 2. The molecule has 1 saturated heterocycles. The lowest BCUT2D eigenvalue weighted by atomic mass is 10.2. The van der Waals surface area contributed by atoms with E-state index in [4.69, 9.17) is 19.2 Å². The minimum absolute atomic E-state index is 0. The number of guanidine groups is 1. The maximum absolute atomic E-state index is 5.94. The first kappa shape index (κ1) is 25.0. The average molecular weight is 532 g/mol. The Balaban J connectivity index is 0.00000320. The van der Waals surface area contributed by atoms with Crippen molar-refractivity contribution in [3.63, 3.8) is 0 Å². The highest BCUT2D eigenvalue weighted by Crippen LogP contribution is 2.30. The van der Waals surface area contributed by atoms with Crippen LogP contribution in [0.15, 0.2) is 23.2 Å². The van der Waals surface area contributed by atoms with Crippen LogP contribution in [0, 0.1) is 5.92 Å². The highest BCUT2D eigenvalue weighted by atomic mass is 127. The summed E-state index contributed by atoms with van der Waals surface area (Å²) >= 11 is 0. The molecule has 2 N–H and O–H groups in total. The van der Waals surface area contributed by atoms with Gasteiger partial charge in [0.1, 0.15) is 0 Å². The Hall–Kier alpha value is -1.26. The molecule has 170 valence electrons. The van der Waals surface area contributed by atoms with Crippen molar-refractivity contribution < 1.29 is 14.2 Å². The topological polar surface area (TPSA) is 67.4 Å². The van der Waals surface area contributed by atoms with E-state index in [9.17, 15) is 0 Å². The summed E-state index contributed by atoms with van der Waals surface area (Å²) in [7, 11) is 0. The van der Waals surface area contributed by atoms with E-state index in [0.29, 0.717) is 25.7 Å². The Kier molecular flexibility index (Phi) is 11.0.